The van der Waals surface area contributed by atoms with Crippen molar-refractivity contribution in [1.82, 2.24) is 14.8 Å². The molecule has 0 amide bonds. The van der Waals surface area contributed by atoms with E-state index in [1.54, 1.807) is 7.11 Å². The molecule has 0 bridgehead atoms. The van der Waals surface area contributed by atoms with E-state index in [0.29, 0.717) is 17.1 Å². The molecular weight excluding hydrogens is 441 g/mol. The summed E-state index contributed by atoms with van der Waals surface area (Å²) in [5.74, 6) is 2.31. The first kappa shape index (κ1) is 21.5. The molecule has 33 heavy (non-hydrogen) atoms. The quantitative estimate of drug-likeness (QED) is 0.351. The minimum atomic E-state index is -0.526. The molecule has 0 spiro atoms. The van der Waals surface area contributed by atoms with Gasteiger partial charge in [0.2, 0.25) is 6.29 Å². The molecule has 0 fully saturated rings. The summed E-state index contributed by atoms with van der Waals surface area (Å²) in [6.07, 6.45) is -0.526. The molecule has 1 aliphatic rings. The first-order valence-corrected chi connectivity index (χ1v) is 11.4. The molecule has 8 heteroatoms. The standard InChI is InChI=1S/C25H22FN3O3S/c1-29-23(17-9-6-10-21(13-17)30-2)27-28-25(29)33-15-19-12-20(26)11-18-14-31-24(32-22(18)19)16-7-4-3-5-8-16/h3-13,24H,14-15H2,1-2H3. The van der Waals surface area contributed by atoms with Crippen LogP contribution in [-0.4, -0.2) is 21.9 Å². The van der Waals surface area contributed by atoms with Crippen LogP contribution in [0.4, 0.5) is 4.39 Å². The Morgan fingerprint density at radius 1 is 1.09 bits per heavy atom. The number of nitrogens with zero attached hydrogens (tertiary/aromatic N) is 3. The van der Waals surface area contributed by atoms with Crippen molar-refractivity contribution in [3.63, 3.8) is 0 Å². The number of thioether (sulfide) groups is 1. The Kier molecular flexibility index (Phi) is 6.02. The summed E-state index contributed by atoms with van der Waals surface area (Å²) in [7, 11) is 3.54. The van der Waals surface area contributed by atoms with Gasteiger partial charge in [-0.2, -0.15) is 0 Å². The van der Waals surface area contributed by atoms with Crippen LogP contribution in [0.2, 0.25) is 0 Å². The molecule has 0 N–H and O–H groups in total. The highest BCUT2D eigenvalue weighted by Crippen LogP contribution is 2.39. The van der Waals surface area contributed by atoms with Gasteiger partial charge in [0.15, 0.2) is 11.0 Å². The Balaban J connectivity index is 1.38. The van der Waals surface area contributed by atoms with E-state index in [1.807, 2.05) is 66.2 Å². The van der Waals surface area contributed by atoms with Gasteiger partial charge in [0, 0.05) is 35.1 Å². The zero-order chi connectivity index (χ0) is 22.8. The maximum Gasteiger partial charge on any atom is 0.227 e. The lowest BCUT2D eigenvalue weighted by Gasteiger charge is -2.28. The van der Waals surface area contributed by atoms with Gasteiger partial charge in [0.1, 0.15) is 17.3 Å². The van der Waals surface area contributed by atoms with E-state index < -0.39 is 6.29 Å². The molecule has 1 aliphatic heterocycles. The normalized spacial score (nSPS) is 15.1. The lowest BCUT2D eigenvalue weighted by atomic mass is 10.1. The maximum atomic E-state index is 14.3. The number of rotatable bonds is 6. The summed E-state index contributed by atoms with van der Waals surface area (Å²) >= 11 is 1.47. The number of ether oxygens (including phenoxy) is 3. The van der Waals surface area contributed by atoms with E-state index in [0.717, 1.165) is 33.4 Å². The van der Waals surface area contributed by atoms with Crippen molar-refractivity contribution in [3.8, 4) is 22.9 Å². The molecule has 0 saturated carbocycles. The van der Waals surface area contributed by atoms with Crippen LogP contribution in [0.3, 0.4) is 0 Å². The Morgan fingerprint density at radius 2 is 1.94 bits per heavy atom. The van der Waals surface area contributed by atoms with Crippen LogP contribution in [0.1, 0.15) is 23.0 Å². The monoisotopic (exact) mass is 463 g/mol. The fourth-order valence-electron chi connectivity index (χ4n) is 3.76. The molecule has 0 radical (unpaired) electrons. The number of fused-ring (bicyclic) bond motifs is 1. The fraction of sp³-hybridized carbons (Fsp3) is 0.200. The molecular formula is C25H22FN3O3S. The van der Waals surface area contributed by atoms with Crippen molar-refractivity contribution in [1.29, 1.82) is 0 Å². The molecule has 1 aromatic heterocycles. The van der Waals surface area contributed by atoms with Gasteiger partial charge in [-0.25, -0.2) is 4.39 Å². The van der Waals surface area contributed by atoms with Crippen molar-refractivity contribution >= 4 is 11.8 Å². The lowest BCUT2D eigenvalue weighted by Crippen LogP contribution is -2.19. The van der Waals surface area contributed by atoms with Gasteiger partial charge in [0.25, 0.3) is 0 Å². The van der Waals surface area contributed by atoms with Crippen molar-refractivity contribution in [2.75, 3.05) is 7.11 Å². The molecule has 3 aromatic carbocycles. The summed E-state index contributed by atoms with van der Waals surface area (Å²) in [5, 5.41) is 9.40. The fourth-order valence-corrected chi connectivity index (χ4v) is 4.63. The number of benzene rings is 3. The van der Waals surface area contributed by atoms with Crippen LogP contribution < -0.4 is 9.47 Å². The molecule has 168 valence electrons. The zero-order valence-electron chi connectivity index (χ0n) is 18.2. The molecule has 2 heterocycles. The predicted octanol–water partition coefficient (Wildman–Crippen LogP) is 5.53. The highest BCUT2D eigenvalue weighted by atomic mass is 32.2. The number of hydrogen-bond acceptors (Lipinski definition) is 6. The highest BCUT2D eigenvalue weighted by molar-refractivity contribution is 7.98. The first-order valence-electron chi connectivity index (χ1n) is 10.4. The average Bonchev–Trinajstić information content (AvgIpc) is 3.23. The number of halogens is 1. The SMILES string of the molecule is COc1cccc(-c2nnc(SCc3cc(F)cc4c3OC(c3ccccc3)OC4)n2C)c1. The van der Waals surface area contributed by atoms with E-state index in [2.05, 4.69) is 10.2 Å². The van der Waals surface area contributed by atoms with Crippen molar-refractivity contribution < 1.29 is 18.6 Å². The van der Waals surface area contributed by atoms with Gasteiger partial charge in [0.05, 0.1) is 13.7 Å². The second-order valence-corrected chi connectivity index (χ2v) is 8.55. The smallest absolute Gasteiger partial charge is 0.227 e. The van der Waals surface area contributed by atoms with Crippen LogP contribution >= 0.6 is 11.8 Å². The second-order valence-electron chi connectivity index (χ2n) is 7.61. The van der Waals surface area contributed by atoms with Gasteiger partial charge < -0.3 is 18.8 Å². The number of aromatic nitrogens is 3. The summed E-state index contributed by atoms with van der Waals surface area (Å²) in [4.78, 5) is 0. The topological polar surface area (TPSA) is 58.4 Å². The maximum absolute atomic E-state index is 14.3. The van der Waals surface area contributed by atoms with E-state index >= 15 is 0 Å². The van der Waals surface area contributed by atoms with Crippen LogP contribution in [0.25, 0.3) is 11.4 Å². The van der Waals surface area contributed by atoms with Crippen LogP contribution in [0, 0.1) is 5.82 Å². The number of hydrogen-bond donors (Lipinski definition) is 0. The van der Waals surface area contributed by atoms with Crippen molar-refractivity contribution in [2.24, 2.45) is 7.05 Å². The Labute approximate surface area is 195 Å². The van der Waals surface area contributed by atoms with E-state index in [4.69, 9.17) is 14.2 Å². The number of methoxy groups -OCH3 is 1. The average molecular weight is 464 g/mol. The van der Waals surface area contributed by atoms with Crippen molar-refractivity contribution in [2.45, 2.75) is 23.8 Å². The van der Waals surface area contributed by atoms with Gasteiger partial charge in [-0.3, -0.25) is 0 Å². The first-order chi connectivity index (χ1) is 16.1. The third-order valence-electron chi connectivity index (χ3n) is 5.41. The molecule has 4 aromatic rings. The summed E-state index contributed by atoms with van der Waals surface area (Å²) in [5.41, 5.74) is 3.28. The molecule has 0 aliphatic carbocycles. The summed E-state index contributed by atoms with van der Waals surface area (Å²) in [6, 6.07) is 20.4. The van der Waals surface area contributed by atoms with E-state index in [-0.39, 0.29) is 12.4 Å². The highest BCUT2D eigenvalue weighted by Gasteiger charge is 2.25. The Bertz CT molecular complexity index is 1280. The predicted molar refractivity (Wildman–Crippen MR) is 124 cm³/mol. The zero-order valence-corrected chi connectivity index (χ0v) is 19.0. The van der Waals surface area contributed by atoms with E-state index in [1.165, 1.54) is 23.9 Å². The molecule has 5 rings (SSSR count). The molecule has 1 unspecified atom stereocenters. The largest absolute Gasteiger partial charge is 0.497 e. The molecule has 0 saturated heterocycles. The van der Waals surface area contributed by atoms with Gasteiger partial charge in [-0.1, -0.05) is 54.2 Å². The minimum absolute atomic E-state index is 0.286. The van der Waals surface area contributed by atoms with Gasteiger partial charge in [-0.15, -0.1) is 10.2 Å². The van der Waals surface area contributed by atoms with Gasteiger partial charge in [-0.05, 0) is 24.3 Å². The van der Waals surface area contributed by atoms with Crippen LogP contribution in [-0.2, 0) is 24.1 Å². The third-order valence-corrected chi connectivity index (χ3v) is 6.48. The summed E-state index contributed by atoms with van der Waals surface area (Å²) < 4.78 is 33.5. The minimum Gasteiger partial charge on any atom is -0.497 e. The van der Waals surface area contributed by atoms with E-state index in [9.17, 15) is 4.39 Å². The van der Waals surface area contributed by atoms with Gasteiger partial charge >= 0.3 is 0 Å². The Hall–Kier alpha value is -3.36. The van der Waals surface area contributed by atoms with Crippen molar-refractivity contribution in [3.05, 3.63) is 89.2 Å². The lowest BCUT2D eigenvalue weighted by molar-refractivity contribution is -0.112. The van der Waals surface area contributed by atoms with Crippen LogP contribution in [0.15, 0.2) is 71.9 Å². The molecule has 6 nitrogen and oxygen atoms in total. The molecule has 1 atom stereocenters. The third kappa shape index (κ3) is 4.44. The Morgan fingerprint density at radius 3 is 2.76 bits per heavy atom. The second kappa shape index (κ2) is 9.25. The van der Waals surface area contributed by atoms with Crippen LogP contribution in [0.5, 0.6) is 11.5 Å². The summed E-state index contributed by atoms with van der Waals surface area (Å²) in [6.45, 7) is 0.286.